The number of aromatic nitrogens is 4. The van der Waals surface area contributed by atoms with Crippen molar-refractivity contribution in [3.63, 3.8) is 0 Å². The van der Waals surface area contributed by atoms with Gasteiger partial charge in [0.25, 0.3) is 5.56 Å². The molecule has 2 heterocycles. The van der Waals surface area contributed by atoms with Crippen LogP contribution in [-0.2, 0) is 11.3 Å². The van der Waals surface area contributed by atoms with E-state index in [1.807, 2.05) is 30.3 Å². The Morgan fingerprint density at radius 3 is 2.90 bits per heavy atom. The van der Waals surface area contributed by atoms with E-state index in [0.717, 1.165) is 10.3 Å². The lowest BCUT2D eigenvalue weighted by atomic mass is 10.2. The van der Waals surface area contributed by atoms with E-state index in [1.54, 1.807) is 0 Å². The zero-order valence-corrected chi connectivity index (χ0v) is 10.7. The molecule has 2 aromatic heterocycles. The van der Waals surface area contributed by atoms with Gasteiger partial charge in [0, 0.05) is 0 Å². The summed E-state index contributed by atoms with van der Waals surface area (Å²) in [5.74, 6) is 0. The molecule has 0 saturated carbocycles. The van der Waals surface area contributed by atoms with Gasteiger partial charge < -0.3 is 4.74 Å². The quantitative estimate of drug-likeness (QED) is 0.718. The molecule has 0 aliphatic heterocycles. The summed E-state index contributed by atoms with van der Waals surface area (Å²) in [6, 6.07) is 9.16. The molecule has 8 heteroatoms. The van der Waals surface area contributed by atoms with E-state index >= 15 is 0 Å². The van der Waals surface area contributed by atoms with Crippen LogP contribution in [0.1, 0.15) is 5.56 Å². The lowest BCUT2D eigenvalue weighted by Crippen LogP contribution is -2.23. The van der Waals surface area contributed by atoms with Gasteiger partial charge in [-0.2, -0.15) is 9.83 Å². The monoisotopic (exact) mass is 286 g/mol. The fourth-order valence-electron chi connectivity index (χ4n) is 1.75. The molecule has 0 atom stereocenters. The first-order chi connectivity index (χ1) is 10.2. The molecule has 0 bridgehead atoms. The summed E-state index contributed by atoms with van der Waals surface area (Å²) in [6.45, 7) is 0.0736. The Morgan fingerprint density at radius 2 is 2.10 bits per heavy atom. The molecule has 0 spiro atoms. The van der Waals surface area contributed by atoms with Crippen LogP contribution in [0.5, 0.6) is 0 Å². The van der Waals surface area contributed by atoms with Crippen molar-refractivity contribution in [3.8, 4) is 0 Å². The second-order valence-electron chi connectivity index (χ2n) is 4.12. The zero-order chi connectivity index (χ0) is 14.7. The standard InChI is InChI=1S/C13H10N4O4/c18-12-11-10(6-15-16-12)14-8-17(11)21-13(19)20-7-9-4-2-1-3-5-9/h1-6,8H,7H2,(H,16,18). The third kappa shape index (κ3) is 2.73. The van der Waals surface area contributed by atoms with Gasteiger partial charge in [0.05, 0.1) is 6.20 Å². The van der Waals surface area contributed by atoms with E-state index in [0.29, 0.717) is 5.52 Å². The van der Waals surface area contributed by atoms with Gasteiger partial charge in [-0.25, -0.2) is 14.9 Å². The van der Waals surface area contributed by atoms with Crippen LogP contribution in [0.3, 0.4) is 0 Å². The first kappa shape index (κ1) is 12.9. The Morgan fingerprint density at radius 1 is 1.29 bits per heavy atom. The van der Waals surface area contributed by atoms with Gasteiger partial charge in [0.15, 0.2) is 5.52 Å². The lowest BCUT2D eigenvalue weighted by Gasteiger charge is -2.05. The number of ether oxygens (including phenoxy) is 1. The lowest BCUT2D eigenvalue weighted by molar-refractivity contribution is 0.0457. The molecule has 21 heavy (non-hydrogen) atoms. The number of nitrogens with zero attached hydrogens (tertiary/aromatic N) is 3. The highest BCUT2D eigenvalue weighted by atomic mass is 16.8. The summed E-state index contributed by atoms with van der Waals surface area (Å²) in [5.41, 5.74) is 0.712. The summed E-state index contributed by atoms with van der Waals surface area (Å²) in [4.78, 5) is 32.0. The number of imidazole rings is 1. The van der Waals surface area contributed by atoms with Crippen LogP contribution >= 0.6 is 0 Å². The molecule has 1 N–H and O–H groups in total. The summed E-state index contributed by atoms with van der Waals surface area (Å²) in [7, 11) is 0. The minimum atomic E-state index is -0.936. The summed E-state index contributed by atoms with van der Waals surface area (Å²) in [6.07, 6.45) is 1.62. The number of fused-ring (bicyclic) bond motifs is 1. The smallest absolute Gasteiger partial charge is 0.428 e. The number of rotatable bonds is 3. The van der Waals surface area contributed by atoms with E-state index in [2.05, 4.69) is 15.2 Å². The van der Waals surface area contributed by atoms with Gasteiger partial charge in [-0.3, -0.25) is 9.63 Å². The van der Waals surface area contributed by atoms with E-state index in [1.165, 1.54) is 12.5 Å². The third-order valence-electron chi connectivity index (χ3n) is 2.71. The summed E-state index contributed by atoms with van der Waals surface area (Å²) < 4.78 is 5.90. The van der Waals surface area contributed by atoms with Crippen LogP contribution in [0.15, 0.2) is 47.7 Å². The Balaban J connectivity index is 1.71. The zero-order valence-electron chi connectivity index (χ0n) is 10.7. The molecule has 1 aromatic carbocycles. The summed E-state index contributed by atoms with van der Waals surface area (Å²) in [5, 5.41) is 5.83. The highest BCUT2D eigenvalue weighted by Gasteiger charge is 2.12. The largest absolute Gasteiger partial charge is 0.534 e. The Bertz CT molecular complexity index is 825. The van der Waals surface area contributed by atoms with Gasteiger partial charge in [0.1, 0.15) is 18.5 Å². The van der Waals surface area contributed by atoms with Crippen molar-refractivity contribution in [2.24, 2.45) is 0 Å². The SMILES string of the molecule is O=C(OCc1ccccc1)On1cnc2cn[nH]c(=O)c21. The third-order valence-corrected chi connectivity index (χ3v) is 2.71. The molecule has 0 fully saturated rings. The molecule has 0 unspecified atom stereocenters. The molecular formula is C13H10N4O4. The highest BCUT2D eigenvalue weighted by molar-refractivity contribution is 5.73. The molecule has 3 aromatic rings. The molecule has 0 aliphatic carbocycles. The average Bonchev–Trinajstić information content (AvgIpc) is 2.91. The molecule has 0 amide bonds. The van der Waals surface area contributed by atoms with Gasteiger partial charge in [-0.05, 0) is 5.56 Å². The predicted octanol–water partition coefficient (Wildman–Crippen LogP) is 0.885. The average molecular weight is 286 g/mol. The van der Waals surface area contributed by atoms with E-state index in [-0.39, 0.29) is 12.1 Å². The van der Waals surface area contributed by atoms with E-state index in [9.17, 15) is 9.59 Å². The second kappa shape index (κ2) is 5.45. The number of nitrogens with one attached hydrogen (secondary N) is 1. The molecule has 0 radical (unpaired) electrons. The van der Waals surface area contributed by atoms with Crippen molar-refractivity contribution in [2.45, 2.75) is 6.61 Å². The number of aromatic amines is 1. The fraction of sp³-hybridized carbons (Fsp3) is 0.0769. The van der Waals surface area contributed by atoms with Crippen LogP contribution in [-0.4, -0.2) is 26.1 Å². The van der Waals surface area contributed by atoms with Crippen LogP contribution in [0.2, 0.25) is 0 Å². The summed E-state index contributed by atoms with van der Waals surface area (Å²) >= 11 is 0. The molecule has 8 nitrogen and oxygen atoms in total. The number of carbonyl (C=O) groups is 1. The fourth-order valence-corrected chi connectivity index (χ4v) is 1.75. The molecule has 3 rings (SSSR count). The van der Waals surface area contributed by atoms with Crippen molar-refractivity contribution in [1.82, 2.24) is 19.9 Å². The predicted molar refractivity (Wildman–Crippen MR) is 71.4 cm³/mol. The van der Waals surface area contributed by atoms with Gasteiger partial charge >= 0.3 is 6.16 Å². The van der Waals surface area contributed by atoms with Crippen LogP contribution < -0.4 is 10.4 Å². The molecule has 0 aliphatic rings. The van der Waals surface area contributed by atoms with Crippen molar-refractivity contribution < 1.29 is 14.4 Å². The van der Waals surface area contributed by atoms with Gasteiger partial charge in [-0.1, -0.05) is 30.3 Å². The van der Waals surface area contributed by atoms with Crippen LogP contribution in [0, 0.1) is 0 Å². The number of hydrogen-bond acceptors (Lipinski definition) is 6. The second-order valence-corrected chi connectivity index (χ2v) is 4.12. The minimum Gasteiger partial charge on any atom is -0.428 e. The van der Waals surface area contributed by atoms with Crippen molar-refractivity contribution >= 4 is 17.2 Å². The highest BCUT2D eigenvalue weighted by Crippen LogP contribution is 2.05. The van der Waals surface area contributed by atoms with Crippen LogP contribution in [0.25, 0.3) is 11.0 Å². The first-order valence-electron chi connectivity index (χ1n) is 6.04. The maximum absolute atomic E-state index is 11.6. The van der Waals surface area contributed by atoms with Crippen LogP contribution in [0.4, 0.5) is 4.79 Å². The van der Waals surface area contributed by atoms with Crippen molar-refractivity contribution in [1.29, 1.82) is 0 Å². The van der Waals surface area contributed by atoms with E-state index < -0.39 is 11.7 Å². The van der Waals surface area contributed by atoms with Crippen molar-refractivity contribution in [2.75, 3.05) is 0 Å². The maximum atomic E-state index is 11.6. The van der Waals surface area contributed by atoms with Gasteiger partial charge in [0.2, 0.25) is 0 Å². The minimum absolute atomic E-state index is 0.0736. The Hall–Kier alpha value is -3.16. The van der Waals surface area contributed by atoms with E-state index in [4.69, 9.17) is 9.57 Å². The topological polar surface area (TPSA) is 99.1 Å². The maximum Gasteiger partial charge on any atom is 0.534 e. The molecular weight excluding hydrogens is 276 g/mol. The van der Waals surface area contributed by atoms with Crippen molar-refractivity contribution in [3.05, 3.63) is 58.8 Å². The first-order valence-corrected chi connectivity index (χ1v) is 6.04. The number of hydrogen-bond donors (Lipinski definition) is 1. The molecule has 106 valence electrons. The Kier molecular flexibility index (Phi) is 3.34. The number of H-pyrrole nitrogens is 1. The Labute approximate surface area is 117 Å². The number of carbonyl (C=O) groups excluding carboxylic acids is 1. The molecule has 0 saturated heterocycles. The normalized spacial score (nSPS) is 10.5. The van der Waals surface area contributed by atoms with Gasteiger partial charge in [-0.15, -0.1) is 0 Å². The number of benzene rings is 1.